The van der Waals surface area contributed by atoms with Crippen LogP contribution in [0.1, 0.15) is 20.3 Å². The number of hydrogen-bond acceptors (Lipinski definition) is 6. The summed E-state index contributed by atoms with van der Waals surface area (Å²) in [5.41, 5.74) is -0.446. The van der Waals surface area contributed by atoms with E-state index in [4.69, 9.17) is 0 Å². The molecule has 6 nitrogen and oxygen atoms in total. The molecule has 0 bridgehead atoms. The first-order valence-corrected chi connectivity index (χ1v) is 7.79. The van der Waals surface area contributed by atoms with Gasteiger partial charge in [-0.15, -0.1) is 0 Å². The van der Waals surface area contributed by atoms with Gasteiger partial charge in [-0.3, -0.25) is 4.98 Å². The van der Waals surface area contributed by atoms with Crippen LogP contribution in [0.5, 0.6) is 0 Å². The molecule has 2 N–H and O–H groups in total. The van der Waals surface area contributed by atoms with E-state index < -0.39 is 15.4 Å². The fourth-order valence-corrected chi connectivity index (χ4v) is 4.20. The molecule has 1 aliphatic heterocycles. The Morgan fingerprint density at radius 3 is 2.72 bits per heavy atom. The molecule has 1 saturated heterocycles. The third-order valence-corrected chi connectivity index (χ3v) is 4.83. The van der Waals surface area contributed by atoms with Crippen molar-refractivity contribution < 1.29 is 8.42 Å². The molecule has 0 spiro atoms. The first-order valence-electron chi connectivity index (χ1n) is 5.97. The third-order valence-electron chi connectivity index (χ3n) is 2.93. The van der Waals surface area contributed by atoms with Crippen molar-refractivity contribution in [2.45, 2.75) is 25.8 Å². The van der Waals surface area contributed by atoms with Crippen molar-refractivity contribution in [3.8, 4) is 0 Å². The molecule has 7 heteroatoms. The molecule has 1 aliphatic rings. The molecule has 18 heavy (non-hydrogen) atoms. The van der Waals surface area contributed by atoms with Gasteiger partial charge in [0.1, 0.15) is 11.6 Å². The van der Waals surface area contributed by atoms with Crippen LogP contribution in [-0.2, 0) is 9.84 Å². The van der Waals surface area contributed by atoms with Crippen molar-refractivity contribution in [3.63, 3.8) is 0 Å². The SMILES string of the molecule is CCNc1cncc(NC2(C)CCS(=O)(=O)C2)n1. The van der Waals surface area contributed by atoms with Crippen LogP contribution in [0.4, 0.5) is 11.6 Å². The van der Waals surface area contributed by atoms with Gasteiger partial charge in [-0.25, -0.2) is 13.4 Å². The lowest BCUT2D eigenvalue weighted by molar-refractivity contribution is 0.571. The number of nitrogens with zero attached hydrogens (tertiary/aromatic N) is 2. The zero-order valence-corrected chi connectivity index (χ0v) is 11.4. The molecule has 1 atom stereocenters. The van der Waals surface area contributed by atoms with Crippen molar-refractivity contribution in [2.24, 2.45) is 0 Å². The molecule has 1 unspecified atom stereocenters. The average molecular weight is 270 g/mol. The Kier molecular flexibility index (Phi) is 3.43. The Hall–Kier alpha value is -1.37. The minimum atomic E-state index is -2.92. The molecule has 0 amide bonds. The molecule has 0 radical (unpaired) electrons. The summed E-state index contributed by atoms with van der Waals surface area (Å²) in [7, 11) is -2.92. The smallest absolute Gasteiger partial charge is 0.152 e. The number of hydrogen-bond donors (Lipinski definition) is 2. The molecule has 1 aromatic heterocycles. The van der Waals surface area contributed by atoms with Crippen LogP contribution in [0, 0.1) is 0 Å². The van der Waals surface area contributed by atoms with Crippen LogP contribution in [0.15, 0.2) is 12.4 Å². The Morgan fingerprint density at radius 1 is 1.39 bits per heavy atom. The maximum atomic E-state index is 11.5. The van der Waals surface area contributed by atoms with Gasteiger partial charge in [-0.2, -0.15) is 0 Å². The van der Waals surface area contributed by atoms with E-state index in [1.54, 1.807) is 12.4 Å². The van der Waals surface area contributed by atoms with Gasteiger partial charge in [0.15, 0.2) is 9.84 Å². The van der Waals surface area contributed by atoms with Crippen LogP contribution in [-0.4, -0.2) is 42.0 Å². The number of nitrogens with one attached hydrogen (secondary N) is 2. The van der Waals surface area contributed by atoms with Crippen LogP contribution in [0.3, 0.4) is 0 Å². The van der Waals surface area contributed by atoms with Gasteiger partial charge in [0.2, 0.25) is 0 Å². The highest BCUT2D eigenvalue weighted by Gasteiger charge is 2.38. The molecular weight excluding hydrogens is 252 g/mol. The van der Waals surface area contributed by atoms with Crippen molar-refractivity contribution in [1.29, 1.82) is 0 Å². The standard InChI is InChI=1S/C11H18N4O2S/c1-3-13-9-6-12-7-10(14-9)15-11(2)4-5-18(16,17)8-11/h6-7H,3-5,8H2,1-2H3,(H2,13,14,15). The highest BCUT2D eigenvalue weighted by atomic mass is 32.2. The number of aromatic nitrogens is 2. The van der Waals surface area contributed by atoms with Crippen LogP contribution in [0.25, 0.3) is 0 Å². The van der Waals surface area contributed by atoms with E-state index in [1.165, 1.54) is 0 Å². The second-order valence-electron chi connectivity index (χ2n) is 4.85. The quantitative estimate of drug-likeness (QED) is 0.845. The Balaban J connectivity index is 2.12. The van der Waals surface area contributed by atoms with Crippen molar-refractivity contribution in [2.75, 3.05) is 28.7 Å². The van der Waals surface area contributed by atoms with Gasteiger partial charge in [0.25, 0.3) is 0 Å². The highest BCUT2D eigenvalue weighted by Crippen LogP contribution is 2.26. The largest absolute Gasteiger partial charge is 0.369 e. The molecule has 0 aliphatic carbocycles. The van der Waals surface area contributed by atoms with Gasteiger partial charge in [-0.05, 0) is 20.3 Å². The van der Waals surface area contributed by atoms with Gasteiger partial charge < -0.3 is 10.6 Å². The Bertz CT molecular complexity index is 532. The summed E-state index contributed by atoms with van der Waals surface area (Å²) in [6.45, 7) is 4.65. The molecular formula is C11H18N4O2S. The topological polar surface area (TPSA) is 84.0 Å². The fraction of sp³-hybridized carbons (Fsp3) is 0.636. The molecule has 1 aromatic rings. The molecule has 2 heterocycles. The number of rotatable bonds is 4. The number of anilines is 2. The molecule has 2 rings (SSSR count). The summed E-state index contributed by atoms with van der Waals surface area (Å²) in [6, 6.07) is 0. The van der Waals surface area contributed by atoms with Crippen molar-refractivity contribution in [3.05, 3.63) is 12.4 Å². The average Bonchev–Trinajstić information content (AvgIpc) is 2.53. The normalized spacial score (nSPS) is 25.9. The molecule has 0 saturated carbocycles. The van der Waals surface area contributed by atoms with Crippen LogP contribution >= 0.6 is 0 Å². The zero-order chi connectivity index (χ0) is 13.2. The molecule has 0 aromatic carbocycles. The first-order chi connectivity index (χ1) is 8.42. The zero-order valence-electron chi connectivity index (χ0n) is 10.6. The van der Waals surface area contributed by atoms with Crippen LogP contribution < -0.4 is 10.6 Å². The van der Waals surface area contributed by atoms with E-state index in [0.717, 1.165) is 6.54 Å². The second kappa shape index (κ2) is 4.72. The summed E-state index contributed by atoms with van der Waals surface area (Å²) in [6.07, 6.45) is 3.85. The summed E-state index contributed by atoms with van der Waals surface area (Å²) in [5, 5.41) is 6.25. The third kappa shape index (κ3) is 3.10. The van der Waals surface area contributed by atoms with Gasteiger partial charge in [-0.1, -0.05) is 0 Å². The van der Waals surface area contributed by atoms with E-state index in [-0.39, 0.29) is 11.5 Å². The first kappa shape index (κ1) is 13.1. The minimum Gasteiger partial charge on any atom is -0.369 e. The summed E-state index contributed by atoms with van der Waals surface area (Å²) in [5.74, 6) is 1.67. The fourth-order valence-electron chi connectivity index (χ4n) is 2.11. The monoisotopic (exact) mass is 270 g/mol. The number of sulfone groups is 1. The van der Waals surface area contributed by atoms with Crippen LogP contribution in [0.2, 0.25) is 0 Å². The maximum absolute atomic E-state index is 11.5. The van der Waals surface area contributed by atoms with E-state index in [2.05, 4.69) is 20.6 Å². The predicted octanol–water partition coefficient (Wildman–Crippen LogP) is 0.897. The lowest BCUT2D eigenvalue weighted by Gasteiger charge is -2.24. The lowest BCUT2D eigenvalue weighted by atomic mass is 10.0. The lowest BCUT2D eigenvalue weighted by Crippen LogP contribution is -2.36. The molecule has 100 valence electrons. The summed E-state index contributed by atoms with van der Waals surface area (Å²) < 4.78 is 23.0. The van der Waals surface area contributed by atoms with E-state index in [9.17, 15) is 8.42 Å². The van der Waals surface area contributed by atoms with Crippen molar-refractivity contribution >= 4 is 21.5 Å². The van der Waals surface area contributed by atoms with E-state index in [0.29, 0.717) is 18.1 Å². The van der Waals surface area contributed by atoms with E-state index >= 15 is 0 Å². The maximum Gasteiger partial charge on any atom is 0.152 e. The summed E-state index contributed by atoms with van der Waals surface area (Å²) in [4.78, 5) is 8.42. The van der Waals surface area contributed by atoms with E-state index in [1.807, 2.05) is 13.8 Å². The van der Waals surface area contributed by atoms with Gasteiger partial charge in [0.05, 0.1) is 29.4 Å². The van der Waals surface area contributed by atoms with Gasteiger partial charge in [0, 0.05) is 6.54 Å². The minimum absolute atomic E-state index is 0.146. The predicted molar refractivity (Wildman–Crippen MR) is 71.5 cm³/mol. The highest BCUT2D eigenvalue weighted by molar-refractivity contribution is 7.91. The second-order valence-corrected chi connectivity index (χ2v) is 7.03. The van der Waals surface area contributed by atoms with Gasteiger partial charge >= 0.3 is 0 Å². The molecule has 1 fully saturated rings. The Morgan fingerprint density at radius 2 is 2.11 bits per heavy atom. The Labute approximate surface area is 107 Å². The van der Waals surface area contributed by atoms with Crippen molar-refractivity contribution in [1.82, 2.24) is 9.97 Å². The summed E-state index contributed by atoms with van der Waals surface area (Å²) >= 11 is 0.